The first-order valence-electron chi connectivity index (χ1n) is 15.7. The van der Waals surface area contributed by atoms with E-state index >= 15 is 0 Å². The molecule has 0 spiro atoms. The lowest BCUT2D eigenvalue weighted by molar-refractivity contribution is -0.136. The summed E-state index contributed by atoms with van der Waals surface area (Å²) in [6, 6.07) is 23.9. The van der Waals surface area contributed by atoms with E-state index in [-0.39, 0.29) is 36.1 Å². The molecule has 10 heteroatoms. The van der Waals surface area contributed by atoms with E-state index in [9.17, 15) is 24.3 Å². The number of rotatable bonds is 7. The van der Waals surface area contributed by atoms with Gasteiger partial charge in [-0.3, -0.25) is 19.3 Å². The fourth-order valence-corrected chi connectivity index (χ4v) is 7.27. The largest absolute Gasteiger partial charge is 0.480 e. The van der Waals surface area contributed by atoms with Crippen LogP contribution in [0.15, 0.2) is 77.7 Å². The van der Waals surface area contributed by atoms with Gasteiger partial charge in [0.25, 0.3) is 0 Å². The van der Waals surface area contributed by atoms with Crippen LogP contribution >= 0.6 is 11.8 Å². The van der Waals surface area contributed by atoms with E-state index in [2.05, 4.69) is 30.3 Å². The number of nitrogens with zero attached hydrogens (tertiary/aromatic N) is 3. The highest BCUT2D eigenvalue weighted by Crippen LogP contribution is 2.43. The van der Waals surface area contributed by atoms with E-state index in [0.29, 0.717) is 24.3 Å². The Hall–Kier alpha value is -4.31. The average Bonchev–Trinajstić information content (AvgIpc) is 3.87. The first-order chi connectivity index (χ1) is 22.0. The zero-order valence-electron chi connectivity index (χ0n) is 26.3. The van der Waals surface area contributed by atoms with Crippen molar-refractivity contribution >= 4 is 47.0 Å². The molecule has 0 unspecified atom stereocenters. The zero-order valence-corrected chi connectivity index (χ0v) is 27.2. The summed E-state index contributed by atoms with van der Waals surface area (Å²) in [6.45, 7) is 5.72. The Labute approximate surface area is 273 Å². The standard InChI is InChI=1S/C36H39N3O6S/c1-36(2,3)45-35(44)37-17-16-28(25-11-7-10-24(18-25)23-8-5-4-6-9-23)29(20-37)34(43)39(26-12-13-26)27-14-15-31-30(19-27)38(21-33(41)42)32(40)22-46-31/h4-11,14-15,18-19,26,28-29H,12-13,16-17,20-22H2,1-3H3,(H,41,42)/t28-,29+/m1/s1. The number of anilines is 2. The van der Waals surface area contributed by atoms with Crippen molar-refractivity contribution in [3.05, 3.63) is 78.4 Å². The molecule has 0 radical (unpaired) electrons. The van der Waals surface area contributed by atoms with Crippen LogP contribution in [0.5, 0.6) is 0 Å². The normalized spacial score (nSPS) is 19.8. The molecular formula is C36H39N3O6S. The smallest absolute Gasteiger partial charge is 0.410 e. The number of likely N-dealkylation sites (tertiary alicyclic amines) is 1. The summed E-state index contributed by atoms with van der Waals surface area (Å²) in [7, 11) is 0. The van der Waals surface area contributed by atoms with Gasteiger partial charge in [0.15, 0.2) is 0 Å². The highest BCUT2D eigenvalue weighted by atomic mass is 32.2. The highest BCUT2D eigenvalue weighted by Gasteiger charge is 2.44. The molecule has 2 atom stereocenters. The van der Waals surface area contributed by atoms with Crippen molar-refractivity contribution in [3.8, 4) is 11.1 Å². The van der Waals surface area contributed by atoms with Crippen molar-refractivity contribution in [1.29, 1.82) is 0 Å². The molecule has 46 heavy (non-hydrogen) atoms. The second kappa shape index (κ2) is 12.8. The molecule has 3 aromatic carbocycles. The van der Waals surface area contributed by atoms with Crippen LogP contribution in [-0.2, 0) is 19.1 Å². The lowest BCUT2D eigenvalue weighted by atomic mass is 9.79. The first-order valence-corrected chi connectivity index (χ1v) is 16.7. The van der Waals surface area contributed by atoms with Crippen molar-refractivity contribution in [2.45, 2.75) is 62.5 Å². The number of carboxylic acids is 1. The van der Waals surface area contributed by atoms with Gasteiger partial charge < -0.3 is 19.6 Å². The molecule has 0 aromatic heterocycles. The zero-order chi connectivity index (χ0) is 32.6. The minimum absolute atomic E-state index is 0.0152. The van der Waals surface area contributed by atoms with Gasteiger partial charge in [-0.05, 0) is 80.8 Å². The van der Waals surface area contributed by atoms with E-state index in [1.807, 2.05) is 62.1 Å². The third-order valence-electron chi connectivity index (χ3n) is 8.61. The SMILES string of the molecule is CC(C)(C)OC(=O)N1CC[C@H](c2cccc(-c3ccccc3)c2)[C@@H](C(=O)N(c2ccc3c(c2)N(CC(=O)O)C(=O)CS3)C2CC2)C1. The van der Waals surface area contributed by atoms with Gasteiger partial charge in [-0.2, -0.15) is 0 Å². The molecule has 240 valence electrons. The summed E-state index contributed by atoms with van der Waals surface area (Å²) in [5, 5.41) is 9.51. The number of fused-ring (bicyclic) bond motifs is 1. The van der Waals surface area contributed by atoms with Crippen molar-refractivity contribution in [2.75, 3.05) is 35.2 Å². The predicted octanol–water partition coefficient (Wildman–Crippen LogP) is 6.41. The number of hydrogen-bond donors (Lipinski definition) is 1. The van der Waals surface area contributed by atoms with Gasteiger partial charge in [-0.1, -0.05) is 54.6 Å². The van der Waals surface area contributed by atoms with Gasteiger partial charge in [-0.15, -0.1) is 11.8 Å². The number of carbonyl (C=O) groups excluding carboxylic acids is 3. The maximum absolute atomic E-state index is 14.8. The molecule has 1 saturated carbocycles. The van der Waals surface area contributed by atoms with E-state index in [4.69, 9.17) is 4.74 Å². The summed E-state index contributed by atoms with van der Waals surface area (Å²) in [6.07, 6.45) is 1.83. The predicted molar refractivity (Wildman–Crippen MR) is 178 cm³/mol. The number of piperidine rings is 1. The number of amides is 3. The molecule has 0 bridgehead atoms. The number of carboxylic acid groups (broad SMARTS) is 1. The quantitative estimate of drug-likeness (QED) is 0.318. The number of hydrogen-bond acceptors (Lipinski definition) is 6. The molecule has 1 saturated heterocycles. The summed E-state index contributed by atoms with van der Waals surface area (Å²) < 4.78 is 5.72. The third kappa shape index (κ3) is 6.92. The monoisotopic (exact) mass is 641 g/mol. The lowest BCUT2D eigenvalue weighted by Crippen LogP contribution is -2.51. The third-order valence-corrected chi connectivity index (χ3v) is 9.66. The van der Waals surface area contributed by atoms with Gasteiger partial charge in [0.05, 0.1) is 17.4 Å². The molecular weight excluding hydrogens is 602 g/mol. The van der Waals surface area contributed by atoms with E-state index < -0.39 is 30.1 Å². The second-order valence-electron chi connectivity index (χ2n) is 13.2. The summed E-state index contributed by atoms with van der Waals surface area (Å²) in [5.74, 6) is -2.00. The molecule has 6 rings (SSSR count). The van der Waals surface area contributed by atoms with Gasteiger partial charge in [0, 0.05) is 29.7 Å². The number of thioether (sulfide) groups is 1. The molecule has 9 nitrogen and oxygen atoms in total. The fourth-order valence-electron chi connectivity index (χ4n) is 6.35. The van der Waals surface area contributed by atoms with Crippen LogP contribution < -0.4 is 9.80 Å². The van der Waals surface area contributed by atoms with Crippen LogP contribution in [0.3, 0.4) is 0 Å². The molecule has 3 aliphatic rings. The number of benzene rings is 3. The van der Waals surface area contributed by atoms with Crippen molar-refractivity contribution in [3.63, 3.8) is 0 Å². The minimum Gasteiger partial charge on any atom is -0.480 e. The van der Waals surface area contributed by atoms with Crippen molar-refractivity contribution in [2.24, 2.45) is 5.92 Å². The van der Waals surface area contributed by atoms with E-state index in [1.54, 1.807) is 11.0 Å². The number of carbonyl (C=O) groups is 4. The van der Waals surface area contributed by atoms with Crippen LogP contribution in [0.1, 0.15) is 51.5 Å². The highest BCUT2D eigenvalue weighted by molar-refractivity contribution is 8.00. The minimum atomic E-state index is -1.10. The van der Waals surface area contributed by atoms with Crippen molar-refractivity contribution in [1.82, 2.24) is 4.90 Å². The van der Waals surface area contributed by atoms with Crippen LogP contribution in [-0.4, -0.2) is 70.9 Å². The Balaban J connectivity index is 1.37. The van der Waals surface area contributed by atoms with Gasteiger partial charge in [-0.25, -0.2) is 4.79 Å². The Morgan fingerprint density at radius 3 is 2.39 bits per heavy atom. The van der Waals surface area contributed by atoms with Crippen LogP contribution in [0.25, 0.3) is 11.1 Å². The van der Waals surface area contributed by atoms with Gasteiger partial charge in [0.2, 0.25) is 11.8 Å². The topological polar surface area (TPSA) is 107 Å². The molecule has 2 aliphatic heterocycles. The number of aliphatic carboxylic acids is 1. The molecule has 1 aliphatic carbocycles. The van der Waals surface area contributed by atoms with Crippen molar-refractivity contribution < 1.29 is 29.0 Å². The van der Waals surface area contributed by atoms with Gasteiger partial charge >= 0.3 is 12.1 Å². The molecule has 1 N–H and O–H groups in total. The Kier molecular flexibility index (Phi) is 8.83. The fraction of sp³-hybridized carbons (Fsp3) is 0.389. The van der Waals surface area contributed by atoms with E-state index in [0.717, 1.165) is 34.4 Å². The molecule has 2 heterocycles. The average molecular weight is 642 g/mol. The maximum atomic E-state index is 14.8. The maximum Gasteiger partial charge on any atom is 0.410 e. The van der Waals surface area contributed by atoms with Crippen LogP contribution in [0, 0.1) is 5.92 Å². The van der Waals surface area contributed by atoms with Gasteiger partial charge in [0.1, 0.15) is 12.1 Å². The lowest BCUT2D eigenvalue weighted by Gasteiger charge is -2.41. The molecule has 3 aromatic rings. The molecule has 3 amide bonds. The second-order valence-corrected chi connectivity index (χ2v) is 14.2. The van der Waals surface area contributed by atoms with Crippen LogP contribution in [0.4, 0.5) is 16.2 Å². The number of ether oxygens (including phenoxy) is 1. The molecule has 2 fully saturated rings. The van der Waals surface area contributed by atoms with E-state index in [1.165, 1.54) is 16.7 Å². The summed E-state index contributed by atoms with van der Waals surface area (Å²) in [5.41, 5.74) is 3.66. The Morgan fingerprint density at radius 2 is 1.70 bits per heavy atom. The Morgan fingerprint density at radius 1 is 0.957 bits per heavy atom. The van der Waals surface area contributed by atoms with Crippen LogP contribution in [0.2, 0.25) is 0 Å². The summed E-state index contributed by atoms with van der Waals surface area (Å²) in [4.78, 5) is 58.0. The first kappa shape index (κ1) is 31.7. The summed E-state index contributed by atoms with van der Waals surface area (Å²) >= 11 is 1.37. The Bertz CT molecular complexity index is 1650.